The lowest BCUT2D eigenvalue weighted by Gasteiger charge is -2.14. The first-order valence-corrected chi connectivity index (χ1v) is 8.10. The van der Waals surface area contributed by atoms with Crippen molar-refractivity contribution in [3.63, 3.8) is 0 Å². The molecule has 2 heteroatoms. The fraction of sp³-hybridized carbons (Fsp3) is 0.278. The minimum atomic E-state index is 0.742. The van der Waals surface area contributed by atoms with Gasteiger partial charge in [0.25, 0.3) is 0 Å². The summed E-state index contributed by atoms with van der Waals surface area (Å²) in [5, 5.41) is 5.22. The van der Waals surface area contributed by atoms with E-state index in [0.29, 0.717) is 0 Å². The summed E-state index contributed by atoms with van der Waals surface area (Å²) in [6, 6.07) is 13.3. The molecule has 100 valence electrons. The van der Waals surface area contributed by atoms with E-state index in [9.17, 15) is 0 Å². The molecule has 4 rings (SSSR count). The quantitative estimate of drug-likeness (QED) is 0.406. The smallest absolute Gasteiger partial charge is 0.114 e. The van der Waals surface area contributed by atoms with E-state index in [1.54, 1.807) is 0 Å². The van der Waals surface area contributed by atoms with Crippen LogP contribution in [0.25, 0.3) is 21.5 Å². The van der Waals surface area contributed by atoms with Gasteiger partial charge in [-0.3, -0.25) is 0 Å². The number of benzene rings is 2. The lowest BCUT2D eigenvalue weighted by molar-refractivity contribution is 0.729. The third kappa shape index (κ3) is 1.86. The largest absolute Gasteiger partial charge is 0.249 e. The van der Waals surface area contributed by atoms with Gasteiger partial charge in [-0.15, -0.1) is 0 Å². The fourth-order valence-corrected chi connectivity index (χ4v) is 4.17. The summed E-state index contributed by atoms with van der Waals surface area (Å²) in [5.74, 6) is 0.742. The van der Waals surface area contributed by atoms with Crippen LogP contribution < -0.4 is 0 Å². The van der Waals surface area contributed by atoms with Gasteiger partial charge in [0.2, 0.25) is 0 Å². The van der Waals surface area contributed by atoms with Gasteiger partial charge >= 0.3 is 0 Å². The molecule has 1 aromatic heterocycles. The maximum absolute atomic E-state index is 4.40. The molecule has 1 aliphatic carbocycles. The molecule has 20 heavy (non-hydrogen) atoms. The fourth-order valence-electron chi connectivity index (χ4n) is 3.61. The zero-order valence-corrected chi connectivity index (χ0v) is 12.9. The van der Waals surface area contributed by atoms with Crippen LogP contribution >= 0.6 is 15.9 Å². The molecule has 1 aliphatic rings. The molecular formula is C18H16BrN. The SMILES string of the molecule is Brc1nccc2ccc3c(C4CCCC4)cccc3c12. The van der Waals surface area contributed by atoms with Crippen molar-refractivity contribution in [3.8, 4) is 0 Å². The Hall–Kier alpha value is -1.41. The Bertz CT molecular complexity index is 788. The second-order valence-corrected chi connectivity index (χ2v) is 6.44. The third-order valence-electron chi connectivity index (χ3n) is 4.57. The van der Waals surface area contributed by atoms with Gasteiger partial charge in [-0.05, 0) is 62.5 Å². The highest BCUT2D eigenvalue weighted by Crippen LogP contribution is 2.39. The monoisotopic (exact) mass is 325 g/mol. The van der Waals surface area contributed by atoms with Crippen molar-refractivity contribution in [3.05, 3.63) is 52.8 Å². The zero-order chi connectivity index (χ0) is 13.5. The minimum Gasteiger partial charge on any atom is -0.249 e. The molecule has 0 N–H and O–H groups in total. The van der Waals surface area contributed by atoms with Crippen molar-refractivity contribution in [1.29, 1.82) is 0 Å². The molecule has 0 atom stereocenters. The summed E-state index contributed by atoms with van der Waals surface area (Å²) < 4.78 is 0.948. The minimum absolute atomic E-state index is 0.742. The Morgan fingerprint density at radius 1 is 0.950 bits per heavy atom. The van der Waals surface area contributed by atoms with Crippen molar-refractivity contribution >= 4 is 37.5 Å². The second-order valence-electron chi connectivity index (χ2n) is 5.69. The molecular weight excluding hydrogens is 310 g/mol. The maximum Gasteiger partial charge on any atom is 0.114 e. The first-order valence-electron chi connectivity index (χ1n) is 7.30. The Morgan fingerprint density at radius 2 is 1.80 bits per heavy atom. The lowest BCUT2D eigenvalue weighted by Crippen LogP contribution is -1.94. The average molecular weight is 326 g/mol. The summed E-state index contributed by atoms with van der Waals surface area (Å²) >= 11 is 3.61. The zero-order valence-electron chi connectivity index (χ0n) is 11.3. The van der Waals surface area contributed by atoms with E-state index in [-0.39, 0.29) is 0 Å². The molecule has 1 nitrogen and oxygen atoms in total. The predicted octanol–water partition coefficient (Wildman–Crippen LogP) is 5.81. The molecule has 0 amide bonds. The van der Waals surface area contributed by atoms with Gasteiger partial charge in [-0.1, -0.05) is 43.2 Å². The average Bonchev–Trinajstić information content (AvgIpc) is 3.00. The van der Waals surface area contributed by atoms with Crippen molar-refractivity contribution in [2.75, 3.05) is 0 Å². The third-order valence-corrected chi connectivity index (χ3v) is 5.17. The Labute approximate surface area is 127 Å². The first kappa shape index (κ1) is 12.3. The van der Waals surface area contributed by atoms with E-state index in [0.717, 1.165) is 10.5 Å². The number of hydrogen-bond donors (Lipinski definition) is 0. The normalized spacial score (nSPS) is 16.2. The van der Waals surface area contributed by atoms with Crippen LogP contribution in [0.1, 0.15) is 37.2 Å². The summed E-state index contributed by atoms with van der Waals surface area (Å²) in [7, 11) is 0. The Kier molecular flexibility index (Phi) is 2.99. The number of rotatable bonds is 1. The summed E-state index contributed by atoms with van der Waals surface area (Å²) in [6.45, 7) is 0. The molecule has 1 fully saturated rings. The maximum atomic E-state index is 4.40. The van der Waals surface area contributed by atoms with Gasteiger partial charge in [0.1, 0.15) is 4.60 Å². The van der Waals surface area contributed by atoms with Crippen LogP contribution in [0.4, 0.5) is 0 Å². The highest BCUT2D eigenvalue weighted by molar-refractivity contribution is 9.10. The van der Waals surface area contributed by atoms with Gasteiger partial charge in [0.05, 0.1) is 0 Å². The van der Waals surface area contributed by atoms with Gasteiger partial charge < -0.3 is 0 Å². The molecule has 0 radical (unpaired) electrons. The van der Waals surface area contributed by atoms with Crippen LogP contribution in [-0.2, 0) is 0 Å². The standard InChI is InChI=1S/C18H16BrN/c19-18-17-13(10-11-20-18)8-9-15-14(6-3-7-16(15)17)12-4-1-2-5-12/h3,6-12H,1-2,4-5H2. The molecule has 3 aromatic rings. The molecule has 0 bridgehead atoms. The summed E-state index contributed by atoms with van der Waals surface area (Å²) in [4.78, 5) is 4.40. The molecule has 2 aromatic carbocycles. The predicted molar refractivity (Wildman–Crippen MR) is 88.2 cm³/mol. The summed E-state index contributed by atoms with van der Waals surface area (Å²) in [5.41, 5.74) is 1.53. The van der Waals surface area contributed by atoms with E-state index in [4.69, 9.17) is 0 Å². The van der Waals surface area contributed by atoms with Crippen LogP contribution in [0.2, 0.25) is 0 Å². The summed E-state index contributed by atoms with van der Waals surface area (Å²) in [6.07, 6.45) is 7.29. The van der Waals surface area contributed by atoms with E-state index < -0.39 is 0 Å². The lowest BCUT2D eigenvalue weighted by atomic mass is 9.91. The Morgan fingerprint density at radius 3 is 2.65 bits per heavy atom. The molecule has 0 spiro atoms. The highest BCUT2D eigenvalue weighted by Gasteiger charge is 2.19. The molecule has 1 saturated carbocycles. The van der Waals surface area contributed by atoms with Crippen LogP contribution in [-0.4, -0.2) is 4.98 Å². The van der Waals surface area contributed by atoms with Crippen LogP contribution in [0, 0.1) is 0 Å². The van der Waals surface area contributed by atoms with Crippen molar-refractivity contribution in [2.45, 2.75) is 31.6 Å². The van der Waals surface area contributed by atoms with Gasteiger partial charge in [0, 0.05) is 11.6 Å². The van der Waals surface area contributed by atoms with E-state index in [1.165, 1.54) is 52.8 Å². The first-order chi connectivity index (χ1) is 9.84. The second kappa shape index (κ2) is 4.85. The Balaban J connectivity index is 2.06. The highest BCUT2D eigenvalue weighted by atomic mass is 79.9. The van der Waals surface area contributed by atoms with Crippen molar-refractivity contribution < 1.29 is 0 Å². The van der Waals surface area contributed by atoms with Gasteiger partial charge in [-0.2, -0.15) is 0 Å². The van der Waals surface area contributed by atoms with Crippen LogP contribution in [0.15, 0.2) is 47.2 Å². The molecule has 0 unspecified atom stereocenters. The number of fused-ring (bicyclic) bond motifs is 3. The van der Waals surface area contributed by atoms with Crippen LogP contribution in [0.3, 0.4) is 0 Å². The van der Waals surface area contributed by atoms with E-state index in [1.807, 2.05) is 6.20 Å². The van der Waals surface area contributed by atoms with Crippen molar-refractivity contribution in [2.24, 2.45) is 0 Å². The molecule has 0 aliphatic heterocycles. The molecule has 0 saturated heterocycles. The van der Waals surface area contributed by atoms with Gasteiger partial charge in [-0.25, -0.2) is 4.98 Å². The van der Waals surface area contributed by atoms with Gasteiger partial charge in [0.15, 0.2) is 0 Å². The number of hydrogen-bond acceptors (Lipinski definition) is 1. The van der Waals surface area contributed by atoms with Crippen molar-refractivity contribution in [1.82, 2.24) is 4.98 Å². The van der Waals surface area contributed by atoms with Crippen LogP contribution in [0.5, 0.6) is 0 Å². The number of nitrogens with zero attached hydrogens (tertiary/aromatic N) is 1. The van der Waals surface area contributed by atoms with E-state index >= 15 is 0 Å². The van der Waals surface area contributed by atoms with E-state index in [2.05, 4.69) is 57.3 Å². The number of pyridine rings is 1. The molecule has 1 heterocycles. The number of halogens is 1. The number of aromatic nitrogens is 1. The topological polar surface area (TPSA) is 12.9 Å².